The molecule has 0 saturated carbocycles. The Labute approximate surface area is 446 Å². The van der Waals surface area contributed by atoms with Crippen LogP contribution >= 0.6 is 7.82 Å². The molecule has 2 atom stereocenters. The van der Waals surface area contributed by atoms with Gasteiger partial charge in [-0.15, -0.1) is 0 Å². The molecule has 2 unspecified atom stereocenters. The highest BCUT2D eigenvalue weighted by atomic mass is 31.2. The molecule has 0 radical (unpaired) electrons. The number of unbranched alkanes of at least 4 members (excludes halogenated alkanes) is 14. The summed E-state index contributed by atoms with van der Waals surface area (Å²) in [6, 6.07) is 0. The number of esters is 2. The van der Waals surface area contributed by atoms with E-state index in [0.717, 1.165) is 135 Å². The van der Waals surface area contributed by atoms with E-state index in [1.54, 1.807) is 0 Å². The summed E-state index contributed by atoms with van der Waals surface area (Å²) in [5, 5.41) is 0. The molecule has 0 fully saturated rings. The highest BCUT2D eigenvalue weighted by Crippen LogP contribution is 2.43. The van der Waals surface area contributed by atoms with Crippen molar-refractivity contribution in [1.29, 1.82) is 0 Å². The van der Waals surface area contributed by atoms with Gasteiger partial charge >= 0.3 is 19.8 Å². The van der Waals surface area contributed by atoms with Crippen molar-refractivity contribution in [1.82, 2.24) is 0 Å². The van der Waals surface area contributed by atoms with E-state index in [9.17, 15) is 19.0 Å². The van der Waals surface area contributed by atoms with Gasteiger partial charge < -0.3 is 20.1 Å². The lowest BCUT2D eigenvalue weighted by Crippen LogP contribution is -2.29. The SMILES string of the molecule is CC/C=C\C/C=C\C/C=C\C/C=C\C/C=C\C/C=C\C/C=C\CCCCCCCCCC(=O)OC(COC(=O)CCCCCCCCC/C=C\C/C=C\C/C=C\C/C=C\C/C=C\CC)COP(=O)(O)OCCN. The Morgan fingerprint density at radius 3 is 1.05 bits per heavy atom. The summed E-state index contributed by atoms with van der Waals surface area (Å²) < 4.78 is 33.0. The summed E-state index contributed by atoms with van der Waals surface area (Å²) in [6.07, 6.45) is 81.7. The highest BCUT2D eigenvalue weighted by Gasteiger charge is 2.26. The smallest absolute Gasteiger partial charge is 0.462 e. The van der Waals surface area contributed by atoms with E-state index in [0.29, 0.717) is 12.8 Å². The number of hydrogen-bond donors (Lipinski definition) is 2. The first-order chi connectivity index (χ1) is 35.8. The van der Waals surface area contributed by atoms with Crippen LogP contribution in [-0.2, 0) is 32.7 Å². The second kappa shape index (κ2) is 57.2. The summed E-state index contributed by atoms with van der Waals surface area (Å²) in [5.74, 6) is -0.865. The number of nitrogens with two attached hydrogens (primary N) is 1. The Bertz CT molecular complexity index is 1700. The van der Waals surface area contributed by atoms with E-state index < -0.39 is 32.5 Å². The largest absolute Gasteiger partial charge is 0.472 e. The minimum atomic E-state index is -4.41. The molecule has 3 N–H and O–H groups in total. The summed E-state index contributed by atoms with van der Waals surface area (Å²) in [7, 11) is -4.41. The molecule has 0 aliphatic heterocycles. The summed E-state index contributed by atoms with van der Waals surface area (Å²) in [4.78, 5) is 35.2. The highest BCUT2D eigenvalue weighted by molar-refractivity contribution is 7.47. The number of carbonyl (C=O) groups is 2. The second-order valence-corrected chi connectivity index (χ2v) is 19.5. The lowest BCUT2D eigenvalue weighted by Gasteiger charge is -2.19. The summed E-state index contributed by atoms with van der Waals surface area (Å²) in [5.41, 5.74) is 5.38. The van der Waals surface area contributed by atoms with Gasteiger partial charge in [-0.2, -0.15) is 0 Å². The third kappa shape index (κ3) is 57.0. The standard InChI is InChI=1S/C63H102NO8P/c1-3-5-7-9-11-13-15-17-19-21-23-25-27-28-29-30-31-32-34-36-38-40-42-44-46-48-50-52-54-56-63(66)72-61(60-71-73(67,68)70-58-57-64)59-69-62(65)55-53-51-49-47-45-43-41-39-37-35-33-26-24-22-20-18-16-14-12-10-8-6-4-2/h5-8,11-14,17-20,23-26,28-29,31-32,35-38,61H,3-4,9-10,15-16,21-22,27,30,33-34,39-60,64H2,1-2H3,(H,67,68)/b7-5-,8-6-,13-11-,14-12-,19-17-,20-18-,25-23-,26-24-,29-28-,32-31-,37-35-,38-36-. The zero-order valence-corrected chi connectivity index (χ0v) is 46.7. The molecule has 0 aromatic heterocycles. The van der Waals surface area contributed by atoms with Gasteiger partial charge in [-0.05, 0) is 116 Å². The van der Waals surface area contributed by atoms with E-state index in [1.165, 1.54) is 32.1 Å². The first kappa shape index (κ1) is 68.9. The molecular formula is C63H102NO8P. The molecule has 0 aliphatic rings. The molecule has 10 heteroatoms. The molecule has 9 nitrogen and oxygen atoms in total. The third-order valence-corrected chi connectivity index (χ3v) is 12.2. The van der Waals surface area contributed by atoms with Gasteiger partial charge in [0.05, 0.1) is 13.2 Å². The minimum absolute atomic E-state index is 0.0411. The fraction of sp³-hybridized carbons (Fsp3) is 0.587. The Morgan fingerprint density at radius 2 is 0.712 bits per heavy atom. The average Bonchev–Trinajstić information content (AvgIpc) is 3.38. The van der Waals surface area contributed by atoms with Gasteiger partial charge in [-0.25, -0.2) is 4.57 Å². The molecule has 0 heterocycles. The topological polar surface area (TPSA) is 134 Å². The molecule has 0 bridgehead atoms. The van der Waals surface area contributed by atoms with Crippen LogP contribution in [0.25, 0.3) is 0 Å². The summed E-state index contributed by atoms with van der Waals surface area (Å²) >= 11 is 0. The molecule has 0 saturated heterocycles. The minimum Gasteiger partial charge on any atom is -0.462 e. The molecule has 0 amide bonds. The Hall–Kier alpha value is -4.11. The van der Waals surface area contributed by atoms with Crippen LogP contribution < -0.4 is 5.73 Å². The van der Waals surface area contributed by atoms with Gasteiger partial charge in [0.15, 0.2) is 6.10 Å². The maximum absolute atomic E-state index is 12.7. The monoisotopic (exact) mass is 1030 g/mol. The van der Waals surface area contributed by atoms with E-state index in [2.05, 4.69) is 160 Å². The van der Waals surface area contributed by atoms with E-state index in [-0.39, 0.29) is 32.6 Å². The molecule has 0 spiro atoms. The van der Waals surface area contributed by atoms with Crippen LogP contribution in [0.15, 0.2) is 146 Å². The molecule has 73 heavy (non-hydrogen) atoms. The van der Waals surface area contributed by atoms with Crippen molar-refractivity contribution in [3.8, 4) is 0 Å². The quantitative estimate of drug-likeness (QED) is 0.0264. The van der Waals surface area contributed by atoms with Crippen molar-refractivity contribution in [3.63, 3.8) is 0 Å². The second-order valence-electron chi connectivity index (χ2n) is 18.0. The number of rotatable bonds is 51. The zero-order valence-electron chi connectivity index (χ0n) is 45.8. The van der Waals surface area contributed by atoms with Crippen LogP contribution in [0.3, 0.4) is 0 Å². The normalized spacial score (nSPS) is 14.2. The molecule has 0 aliphatic carbocycles. The number of phosphoric ester groups is 1. The fourth-order valence-corrected chi connectivity index (χ4v) is 7.88. The van der Waals surface area contributed by atoms with Crippen LogP contribution in [0, 0.1) is 0 Å². The first-order valence-corrected chi connectivity index (χ1v) is 29.8. The third-order valence-electron chi connectivity index (χ3n) is 11.2. The van der Waals surface area contributed by atoms with Crippen LogP contribution in [-0.4, -0.2) is 49.3 Å². The number of hydrogen-bond acceptors (Lipinski definition) is 8. The van der Waals surface area contributed by atoms with Gasteiger partial charge in [0.25, 0.3) is 0 Å². The van der Waals surface area contributed by atoms with Gasteiger partial charge in [0, 0.05) is 19.4 Å². The average molecular weight is 1030 g/mol. The van der Waals surface area contributed by atoms with Crippen molar-refractivity contribution >= 4 is 19.8 Å². The predicted molar refractivity (Wildman–Crippen MR) is 311 cm³/mol. The van der Waals surface area contributed by atoms with Crippen molar-refractivity contribution in [3.05, 3.63) is 146 Å². The lowest BCUT2D eigenvalue weighted by molar-refractivity contribution is -0.161. The van der Waals surface area contributed by atoms with Crippen molar-refractivity contribution in [2.45, 2.75) is 213 Å². The first-order valence-electron chi connectivity index (χ1n) is 28.3. The maximum Gasteiger partial charge on any atom is 0.472 e. The zero-order chi connectivity index (χ0) is 53.1. The van der Waals surface area contributed by atoms with Crippen molar-refractivity contribution < 1.29 is 37.6 Å². The van der Waals surface area contributed by atoms with Crippen molar-refractivity contribution in [2.75, 3.05) is 26.4 Å². The van der Waals surface area contributed by atoms with Gasteiger partial charge in [0.1, 0.15) is 6.61 Å². The van der Waals surface area contributed by atoms with Crippen LogP contribution in [0.2, 0.25) is 0 Å². The Kier molecular flexibility index (Phi) is 54.0. The van der Waals surface area contributed by atoms with Crippen LogP contribution in [0.5, 0.6) is 0 Å². The van der Waals surface area contributed by atoms with Gasteiger partial charge in [-0.3, -0.25) is 18.6 Å². The summed E-state index contributed by atoms with van der Waals surface area (Å²) in [6.45, 7) is 3.47. The Morgan fingerprint density at radius 1 is 0.411 bits per heavy atom. The van der Waals surface area contributed by atoms with Crippen molar-refractivity contribution in [2.24, 2.45) is 5.73 Å². The molecule has 0 aromatic rings. The van der Waals surface area contributed by atoms with Gasteiger partial charge in [-0.1, -0.05) is 224 Å². The van der Waals surface area contributed by atoms with E-state index in [1.807, 2.05) is 0 Å². The van der Waals surface area contributed by atoms with Crippen LogP contribution in [0.1, 0.15) is 206 Å². The number of carbonyl (C=O) groups excluding carboxylic acids is 2. The van der Waals surface area contributed by atoms with Crippen LogP contribution in [0.4, 0.5) is 0 Å². The molecule has 412 valence electrons. The van der Waals surface area contributed by atoms with Gasteiger partial charge in [0.2, 0.25) is 0 Å². The van der Waals surface area contributed by atoms with E-state index in [4.69, 9.17) is 24.3 Å². The Balaban J connectivity index is 4.10. The molecular weight excluding hydrogens is 930 g/mol. The number of allylic oxidation sites excluding steroid dienone is 24. The maximum atomic E-state index is 12.7. The van der Waals surface area contributed by atoms with E-state index >= 15 is 0 Å². The number of ether oxygens (including phenoxy) is 2. The lowest BCUT2D eigenvalue weighted by atomic mass is 10.1. The predicted octanol–water partition coefficient (Wildman–Crippen LogP) is 18.0. The fourth-order valence-electron chi connectivity index (χ4n) is 7.11. The molecule has 0 aromatic carbocycles. The molecule has 0 rings (SSSR count). The number of phosphoric acid groups is 1.